The second-order valence-corrected chi connectivity index (χ2v) is 11.3. The number of halogens is 8. The van der Waals surface area contributed by atoms with Crippen molar-refractivity contribution in [3.8, 4) is 0 Å². The molecule has 1 amide bonds. The third-order valence-corrected chi connectivity index (χ3v) is 8.22. The van der Waals surface area contributed by atoms with Gasteiger partial charge < -0.3 is 5.32 Å². The number of alkyl halides is 5. The van der Waals surface area contributed by atoms with Gasteiger partial charge in [0.05, 0.1) is 17.7 Å². The van der Waals surface area contributed by atoms with Crippen LogP contribution in [0, 0.1) is 23.4 Å². The van der Waals surface area contributed by atoms with Crippen molar-refractivity contribution < 1.29 is 39.9 Å². The second-order valence-electron chi connectivity index (χ2n) is 11.3. The number of carbonyl (C=O) groups excluding carboxylic acids is 1. The van der Waals surface area contributed by atoms with Crippen LogP contribution in [0.2, 0.25) is 0 Å². The quantitative estimate of drug-likeness (QED) is 0.185. The van der Waals surface area contributed by atoms with Crippen LogP contribution in [0.3, 0.4) is 0 Å². The van der Waals surface area contributed by atoms with Crippen molar-refractivity contribution >= 4 is 23.8 Å². The number of nitrogens with one attached hydrogen (secondary N) is 1. The molecule has 238 valence electrons. The van der Waals surface area contributed by atoms with Crippen molar-refractivity contribution in [3.05, 3.63) is 99.8 Å². The first kappa shape index (κ1) is 32.1. The standard InChI is InChI=1S/C32H28F8N4O/c1-5-20(17-6-7-23(35)21(11-17)15(2)3)29(41-4)24(10-16-8-18(33)12-19(34)9-16)42-26(45)14-44-25-13-22-28(31(22,36)37)27(25)30(43-44)32(38,39)40/h6-9,11-12,22,24,28H,2,4-5,10,13-14H2,1,3H3,(H,42,45). The molecule has 1 saturated carbocycles. The molecule has 2 aliphatic rings. The van der Waals surface area contributed by atoms with E-state index in [1.54, 1.807) is 13.8 Å². The van der Waals surface area contributed by atoms with E-state index in [9.17, 15) is 39.9 Å². The van der Waals surface area contributed by atoms with Gasteiger partial charge in [-0.2, -0.15) is 18.3 Å². The molecule has 0 bridgehead atoms. The fourth-order valence-electron chi connectivity index (χ4n) is 6.18. The third-order valence-electron chi connectivity index (χ3n) is 8.22. The van der Waals surface area contributed by atoms with E-state index in [0.717, 1.165) is 16.8 Å². The number of hydrogen-bond donors (Lipinski definition) is 1. The van der Waals surface area contributed by atoms with Gasteiger partial charge in [-0.25, -0.2) is 22.0 Å². The topological polar surface area (TPSA) is 59.3 Å². The van der Waals surface area contributed by atoms with Crippen LogP contribution in [0.25, 0.3) is 11.1 Å². The molecule has 3 atom stereocenters. The zero-order valence-corrected chi connectivity index (χ0v) is 24.2. The SMILES string of the molecule is C=NC(=C(CC)c1ccc(F)c(C(=C)C)c1)C(Cc1cc(F)cc(F)c1)NC(=O)Cn1nc(C(F)(F)F)c2c1CC1C2C1(F)F. The van der Waals surface area contributed by atoms with Crippen molar-refractivity contribution in [2.24, 2.45) is 10.9 Å². The number of carbonyl (C=O) groups is 1. The minimum absolute atomic E-state index is 0.0901. The van der Waals surface area contributed by atoms with Crippen LogP contribution in [0.1, 0.15) is 59.8 Å². The van der Waals surface area contributed by atoms with Crippen LogP contribution < -0.4 is 5.32 Å². The van der Waals surface area contributed by atoms with Crippen molar-refractivity contribution in [3.63, 3.8) is 0 Å². The Balaban J connectivity index is 1.53. The minimum atomic E-state index is -5.01. The molecule has 5 nitrogen and oxygen atoms in total. The maximum atomic E-state index is 14.5. The number of allylic oxidation sites excluding steroid dienone is 2. The highest BCUT2D eigenvalue weighted by Crippen LogP contribution is 2.68. The van der Waals surface area contributed by atoms with Crippen LogP contribution in [-0.4, -0.2) is 34.4 Å². The Kier molecular flexibility index (Phi) is 8.26. The zero-order chi connectivity index (χ0) is 33.0. The van der Waals surface area contributed by atoms with E-state index < -0.39 is 71.1 Å². The molecule has 1 heterocycles. The number of amides is 1. The lowest BCUT2D eigenvalue weighted by atomic mass is 9.92. The summed E-state index contributed by atoms with van der Waals surface area (Å²) < 4.78 is 113. The van der Waals surface area contributed by atoms with Gasteiger partial charge in [0.15, 0.2) is 5.69 Å². The molecule has 1 N–H and O–H groups in total. The molecule has 1 fully saturated rings. The zero-order valence-electron chi connectivity index (χ0n) is 24.2. The second kappa shape index (κ2) is 11.6. The molecule has 0 radical (unpaired) electrons. The van der Waals surface area contributed by atoms with Gasteiger partial charge in [-0.05, 0) is 79.4 Å². The number of fused-ring (bicyclic) bond motifs is 3. The van der Waals surface area contributed by atoms with Gasteiger partial charge in [-0.15, -0.1) is 0 Å². The largest absolute Gasteiger partial charge is 0.435 e. The number of hydrogen-bond acceptors (Lipinski definition) is 3. The first-order valence-corrected chi connectivity index (χ1v) is 14.0. The molecule has 0 spiro atoms. The lowest BCUT2D eigenvalue weighted by Gasteiger charge is -2.23. The molecule has 13 heteroatoms. The minimum Gasteiger partial charge on any atom is -0.346 e. The van der Waals surface area contributed by atoms with Gasteiger partial charge in [0, 0.05) is 28.8 Å². The summed E-state index contributed by atoms with van der Waals surface area (Å²) in [5.41, 5.74) is -0.177. The first-order chi connectivity index (χ1) is 21.1. The summed E-state index contributed by atoms with van der Waals surface area (Å²) in [5.74, 6) is -9.31. The van der Waals surface area contributed by atoms with Crippen LogP contribution in [0.15, 0.2) is 53.7 Å². The van der Waals surface area contributed by atoms with Crippen molar-refractivity contribution in [1.29, 1.82) is 0 Å². The Hall–Kier alpha value is -4.29. The predicted molar refractivity (Wildman–Crippen MR) is 152 cm³/mol. The van der Waals surface area contributed by atoms with Gasteiger partial charge in [-0.1, -0.05) is 19.6 Å². The average molecular weight is 637 g/mol. The predicted octanol–water partition coefficient (Wildman–Crippen LogP) is 7.51. The molecular formula is C32H28F8N4O. The van der Waals surface area contributed by atoms with Crippen molar-refractivity contribution in [2.75, 3.05) is 0 Å². The Morgan fingerprint density at radius 1 is 1.16 bits per heavy atom. The Morgan fingerprint density at radius 3 is 2.40 bits per heavy atom. The van der Waals surface area contributed by atoms with Gasteiger partial charge in [0.25, 0.3) is 5.92 Å². The fraction of sp³-hybridized carbons (Fsp3) is 0.344. The highest BCUT2D eigenvalue weighted by molar-refractivity contribution is 5.79. The van der Waals surface area contributed by atoms with E-state index in [4.69, 9.17) is 0 Å². The molecule has 2 aliphatic carbocycles. The summed E-state index contributed by atoms with van der Waals surface area (Å²) in [4.78, 5) is 17.5. The Morgan fingerprint density at radius 2 is 1.82 bits per heavy atom. The molecule has 0 saturated heterocycles. The van der Waals surface area contributed by atoms with Crippen molar-refractivity contribution in [1.82, 2.24) is 15.1 Å². The van der Waals surface area contributed by atoms with Crippen LogP contribution in [0.5, 0.6) is 0 Å². The molecule has 2 aromatic carbocycles. The molecule has 5 rings (SSSR count). The lowest BCUT2D eigenvalue weighted by Crippen LogP contribution is -2.40. The van der Waals surface area contributed by atoms with Crippen LogP contribution in [0.4, 0.5) is 35.1 Å². The summed E-state index contributed by atoms with van der Waals surface area (Å²) in [5, 5.41) is 6.16. The normalized spacial score (nSPS) is 19.3. The smallest absolute Gasteiger partial charge is 0.346 e. The molecule has 1 aromatic heterocycles. The maximum absolute atomic E-state index is 14.5. The Labute approximate surface area is 253 Å². The van der Waals surface area contributed by atoms with E-state index in [2.05, 4.69) is 28.7 Å². The maximum Gasteiger partial charge on any atom is 0.435 e. The highest BCUT2D eigenvalue weighted by atomic mass is 19.4. The van der Waals surface area contributed by atoms with Gasteiger partial charge >= 0.3 is 6.18 Å². The molecule has 3 aromatic rings. The molecule has 0 aliphatic heterocycles. The molecule has 45 heavy (non-hydrogen) atoms. The van der Waals surface area contributed by atoms with Crippen LogP contribution in [-0.2, 0) is 30.4 Å². The van der Waals surface area contributed by atoms with Crippen molar-refractivity contribution in [2.45, 2.75) is 63.7 Å². The number of aromatic nitrogens is 2. The average Bonchev–Trinajstić information content (AvgIpc) is 3.22. The molecular weight excluding hydrogens is 608 g/mol. The van der Waals surface area contributed by atoms with E-state index in [-0.39, 0.29) is 41.8 Å². The monoisotopic (exact) mass is 636 g/mol. The van der Waals surface area contributed by atoms with E-state index in [1.165, 1.54) is 18.2 Å². The summed E-state index contributed by atoms with van der Waals surface area (Å²) in [6, 6.07) is 5.90. The van der Waals surface area contributed by atoms with Gasteiger partial charge in [-0.3, -0.25) is 14.5 Å². The number of nitrogens with zero attached hydrogens (tertiary/aromatic N) is 3. The van der Waals surface area contributed by atoms with Gasteiger partial charge in [0.1, 0.15) is 24.0 Å². The molecule has 3 unspecified atom stereocenters. The summed E-state index contributed by atoms with van der Waals surface area (Å²) in [6.45, 7) is 10.0. The van der Waals surface area contributed by atoms with E-state index in [1.807, 2.05) is 0 Å². The van der Waals surface area contributed by atoms with E-state index >= 15 is 0 Å². The summed E-state index contributed by atoms with van der Waals surface area (Å²) in [6.07, 6.45) is -5.31. The number of aliphatic imine (C=N–C) groups is 1. The highest BCUT2D eigenvalue weighted by Gasteiger charge is 2.74. The van der Waals surface area contributed by atoms with Gasteiger partial charge in [0.2, 0.25) is 5.91 Å². The van der Waals surface area contributed by atoms with Crippen LogP contribution >= 0.6 is 0 Å². The number of rotatable bonds is 10. The summed E-state index contributed by atoms with van der Waals surface area (Å²) in [7, 11) is 0. The third kappa shape index (κ3) is 6.04. The first-order valence-electron chi connectivity index (χ1n) is 14.0. The Bertz CT molecular complexity index is 1720. The number of benzene rings is 2. The summed E-state index contributed by atoms with van der Waals surface area (Å²) >= 11 is 0. The lowest BCUT2D eigenvalue weighted by molar-refractivity contribution is -0.142. The fourth-order valence-corrected chi connectivity index (χ4v) is 6.18. The van der Waals surface area contributed by atoms with E-state index in [0.29, 0.717) is 22.8 Å².